The fourth-order valence-corrected chi connectivity index (χ4v) is 2.33. The molecule has 0 radical (unpaired) electrons. The lowest BCUT2D eigenvalue weighted by Gasteiger charge is -2.05. The molecule has 0 aliphatic heterocycles. The third kappa shape index (κ3) is 8.26. The van der Waals surface area contributed by atoms with Crippen LogP contribution in [0, 0.1) is 5.92 Å². The Morgan fingerprint density at radius 3 is 2.74 bits per heavy atom. The molecule has 0 fully saturated rings. The molecule has 1 aromatic rings. The first kappa shape index (κ1) is 16.5. The Hall–Kier alpha value is -0.560. The number of hydrogen-bond donors (Lipinski definition) is 1. The quantitative estimate of drug-likeness (QED) is 0.630. The van der Waals surface area contributed by atoms with Crippen LogP contribution in [-0.4, -0.2) is 43.6 Å². The van der Waals surface area contributed by atoms with E-state index in [9.17, 15) is 0 Å². The van der Waals surface area contributed by atoms with E-state index in [1.54, 1.807) is 18.4 Å². The number of ether oxygens (including phenoxy) is 2. The van der Waals surface area contributed by atoms with Crippen molar-refractivity contribution in [1.29, 1.82) is 0 Å². The summed E-state index contributed by atoms with van der Waals surface area (Å²) in [5.74, 6) is 0.706. The Balaban J connectivity index is 2.09. The number of hydrogen-bond acceptors (Lipinski definition) is 6. The zero-order valence-electron chi connectivity index (χ0n) is 12.1. The molecule has 110 valence electrons. The van der Waals surface area contributed by atoms with Crippen molar-refractivity contribution in [3.8, 4) is 0 Å². The minimum Gasteiger partial charge on any atom is -0.382 e. The van der Waals surface area contributed by atoms with Crippen molar-refractivity contribution in [2.24, 2.45) is 5.92 Å². The normalized spacial score (nSPS) is 11.4. The SMILES string of the molecule is COCCOCc1nnc(CCCNCC(C)C)s1. The Kier molecular flexibility index (Phi) is 8.90. The van der Waals surface area contributed by atoms with Crippen molar-refractivity contribution in [2.45, 2.75) is 33.3 Å². The van der Waals surface area contributed by atoms with E-state index in [4.69, 9.17) is 9.47 Å². The number of rotatable bonds is 11. The third-order valence-corrected chi connectivity index (χ3v) is 3.42. The highest BCUT2D eigenvalue weighted by molar-refractivity contribution is 7.11. The summed E-state index contributed by atoms with van der Waals surface area (Å²) in [6, 6.07) is 0. The van der Waals surface area contributed by atoms with E-state index >= 15 is 0 Å². The van der Waals surface area contributed by atoms with E-state index in [0.29, 0.717) is 25.7 Å². The monoisotopic (exact) mass is 287 g/mol. The van der Waals surface area contributed by atoms with Gasteiger partial charge in [-0.05, 0) is 25.4 Å². The van der Waals surface area contributed by atoms with Crippen LogP contribution in [0.2, 0.25) is 0 Å². The van der Waals surface area contributed by atoms with Gasteiger partial charge in [0.1, 0.15) is 16.6 Å². The molecule has 1 heterocycles. The molecule has 0 unspecified atom stereocenters. The number of methoxy groups -OCH3 is 1. The second kappa shape index (κ2) is 10.3. The number of nitrogens with zero attached hydrogens (tertiary/aromatic N) is 2. The molecule has 0 aliphatic rings. The van der Waals surface area contributed by atoms with Gasteiger partial charge in [0.15, 0.2) is 0 Å². The standard InChI is InChI=1S/C13H25N3O2S/c1-11(2)9-14-6-4-5-12-15-16-13(19-12)10-18-8-7-17-3/h11,14H,4-10H2,1-3H3. The van der Waals surface area contributed by atoms with Gasteiger partial charge in [-0.25, -0.2) is 0 Å². The van der Waals surface area contributed by atoms with Gasteiger partial charge >= 0.3 is 0 Å². The van der Waals surface area contributed by atoms with E-state index in [0.717, 1.165) is 35.9 Å². The van der Waals surface area contributed by atoms with Crippen LogP contribution in [0.3, 0.4) is 0 Å². The summed E-state index contributed by atoms with van der Waals surface area (Å²) in [6.07, 6.45) is 2.09. The number of nitrogens with one attached hydrogen (secondary N) is 1. The predicted octanol–water partition coefficient (Wildman–Crippen LogP) is 1.88. The smallest absolute Gasteiger partial charge is 0.143 e. The van der Waals surface area contributed by atoms with Crippen molar-refractivity contribution in [1.82, 2.24) is 15.5 Å². The average molecular weight is 287 g/mol. The lowest BCUT2D eigenvalue weighted by molar-refractivity contribution is 0.0613. The molecular formula is C13H25N3O2S. The molecule has 19 heavy (non-hydrogen) atoms. The minimum absolute atomic E-state index is 0.534. The van der Waals surface area contributed by atoms with Crippen LogP contribution >= 0.6 is 11.3 Å². The van der Waals surface area contributed by atoms with Gasteiger partial charge in [-0.1, -0.05) is 25.2 Å². The molecule has 0 saturated carbocycles. The van der Waals surface area contributed by atoms with Gasteiger partial charge in [-0.15, -0.1) is 10.2 Å². The van der Waals surface area contributed by atoms with Crippen LogP contribution < -0.4 is 5.32 Å². The lowest BCUT2D eigenvalue weighted by atomic mass is 10.2. The molecule has 0 bridgehead atoms. The summed E-state index contributed by atoms with van der Waals surface area (Å²) < 4.78 is 10.3. The molecule has 0 spiro atoms. The van der Waals surface area contributed by atoms with E-state index in [1.165, 1.54) is 0 Å². The van der Waals surface area contributed by atoms with E-state index < -0.39 is 0 Å². The molecule has 6 heteroatoms. The maximum Gasteiger partial charge on any atom is 0.143 e. The van der Waals surface area contributed by atoms with E-state index in [2.05, 4.69) is 29.4 Å². The highest BCUT2D eigenvalue weighted by atomic mass is 32.1. The van der Waals surface area contributed by atoms with E-state index in [-0.39, 0.29) is 0 Å². The Morgan fingerprint density at radius 2 is 2.00 bits per heavy atom. The molecule has 1 N–H and O–H groups in total. The van der Waals surface area contributed by atoms with Gasteiger partial charge in [0.2, 0.25) is 0 Å². The highest BCUT2D eigenvalue weighted by Crippen LogP contribution is 2.12. The number of aryl methyl sites for hydroxylation is 1. The zero-order chi connectivity index (χ0) is 13.9. The highest BCUT2D eigenvalue weighted by Gasteiger charge is 2.04. The van der Waals surface area contributed by atoms with Gasteiger partial charge in [-0.3, -0.25) is 0 Å². The molecule has 0 aliphatic carbocycles. The van der Waals surface area contributed by atoms with Gasteiger partial charge in [0.25, 0.3) is 0 Å². The van der Waals surface area contributed by atoms with Crippen molar-refractivity contribution >= 4 is 11.3 Å². The maximum absolute atomic E-state index is 5.41. The predicted molar refractivity (Wildman–Crippen MR) is 77.5 cm³/mol. The first-order valence-corrected chi connectivity index (χ1v) is 7.62. The fourth-order valence-electron chi connectivity index (χ4n) is 1.50. The minimum atomic E-state index is 0.534. The fraction of sp³-hybridized carbons (Fsp3) is 0.846. The summed E-state index contributed by atoms with van der Waals surface area (Å²) in [4.78, 5) is 0. The van der Waals surface area contributed by atoms with Crippen LogP contribution in [0.5, 0.6) is 0 Å². The van der Waals surface area contributed by atoms with Crippen molar-refractivity contribution in [2.75, 3.05) is 33.4 Å². The molecule has 1 rings (SSSR count). The first-order valence-electron chi connectivity index (χ1n) is 6.81. The lowest BCUT2D eigenvalue weighted by Crippen LogP contribution is -2.21. The third-order valence-electron chi connectivity index (χ3n) is 2.46. The van der Waals surface area contributed by atoms with Crippen molar-refractivity contribution < 1.29 is 9.47 Å². The van der Waals surface area contributed by atoms with Crippen molar-refractivity contribution in [3.63, 3.8) is 0 Å². The summed E-state index contributed by atoms with van der Waals surface area (Å²) in [5, 5.41) is 13.8. The zero-order valence-corrected chi connectivity index (χ0v) is 13.0. The Labute approximate surface area is 119 Å². The molecule has 1 aromatic heterocycles. The molecular weight excluding hydrogens is 262 g/mol. The Bertz CT molecular complexity index is 331. The molecule has 5 nitrogen and oxygen atoms in total. The van der Waals surface area contributed by atoms with Crippen molar-refractivity contribution in [3.05, 3.63) is 10.0 Å². The molecule has 0 saturated heterocycles. The topological polar surface area (TPSA) is 56.3 Å². The van der Waals surface area contributed by atoms with Crippen LogP contribution in [0.4, 0.5) is 0 Å². The summed E-state index contributed by atoms with van der Waals surface area (Å²) in [6.45, 7) is 8.30. The van der Waals surface area contributed by atoms with Gasteiger partial charge < -0.3 is 14.8 Å². The largest absolute Gasteiger partial charge is 0.382 e. The summed E-state index contributed by atoms with van der Waals surface area (Å²) >= 11 is 1.64. The van der Waals surface area contributed by atoms with Gasteiger partial charge in [0.05, 0.1) is 13.2 Å². The van der Waals surface area contributed by atoms with Gasteiger partial charge in [-0.2, -0.15) is 0 Å². The average Bonchev–Trinajstić information content (AvgIpc) is 2.82. The van der Waals surface area contributed by atoms with Gasteiger partial charge in [0, 0.05) is 13.5 Å². The van der Waals surface area contributed by atoms with Crippen LogP contribution in [0.25, 0.3) is 0 Å². The summed E-state index contributed by atoms with van der Waals surface area (Å²) in [7, 11) is 1.67. The van der Waals surface area contributed by atoms with Crippen LogP contribution in [-0.2, 0) is 22.5 Å². The first-order chi connectivity index (χ1) is 9.22. The molecule has 0 amide bonds. The summed E-state index contributed by atoms with van der Waals surface area (Å²) in [5.41, 5.74) is 0. The van der Waals surface area contributed by atoms with E-state index in [1.807, 2.05) is 0 Å². The number of aromatic nitrogens is 2. The second-order valence-corrected chi connectivity index (χ2v) is 5.98. The van der Waals surface area contributed by atoms with Crippen LogP contribution in [0.1, 0.15) is 30.3 Å². The second-order valence-electron chi connectivity index (χ2n) is 4.84. The molecule has 0 atom stereocenters. The Morgan fingerprint density at radius 1 is 1.21 bits per heavy atom. The maximum atomic E-state index is 5.41. The van der Waals surface area contributed by atoms with Crippen LogP contribution in [0.15, 0.2) is 0 Å². The molecule has 0 aromatic carbocycles.